The summed E-state index contributed by atoms with van der Waals surface area (Å²) in [4.78, 5) is 28.5. The lowest BCUT2D eigenvalue weighted by Gasteiger charge is -2.29. The maximum atomic E-state index is 15.4. The fourth-order valence-corrected chi connectivity index (χ4v) is 7.42. The smallest absolute Gasteiger partial charge is 0.417 e. The van der Waals surface area contributed by atoms with Crippen molar-refractivity contribution in [3.63, 3.8) is 0 Å². The number of thiocarbonyl (C=S) groups is 1. The van der Waals surface area contributed by atoms with E-state index in [0.29, 0.717) is 36.5 Å². The molecule has 364 valence electrons. The molecule has 1 unspecified atom stereocenters. The van der Waals surface area contributed by atoms with Crippen molar-refractivity contribution in [2.45, 2.75) is 44.9 Å². The molecular weight excluding hydrogens is 933 g/mol. The molecule has 3 N–H and O–H groups in total. The predicted molar refractivity (Wildman–Crippen MR) is 245 cm³/mol. The molecule has 2 amide bonds. The third-order valence-corrected chi connectivity index (χ3v) is 10.9. The van der Waals surface area contributed by atoms with Crippen molar-refractivity contribution >= 4 is 40.5 Å². The van der Waals surface area contributed by atoms with Gasteiger partial charge >= 0.3 is 6.18 Å². The van der Waals surface area contributed by atoms with Gasteiger partial charge in [-0.1, -0.05) is 24.3 Å². The molecule has 5 aromatic carbocycles. The highest BCUT2D eigenvalue weighted by Crippen LogP contribution is 2.40. The number of aliphatic hydroxyl groups is 1. The molecule has 1 heterocycles. The first-order chi connectivity index (χ1) is 33.0. The van der Waals surface area contributed by atoms with Gasteiger partial charge in [0.15, 0.2) is 16.6 Å². The largest absolute Gasteiger partial charge is 0.491 e. The third-order valence-electron chi connectivity index (χ3n) is 10.5. The number of hydrogen-bond acceptors (Lipinski definition) is 11. The Kier molecular flexibility index (Phi) is 17.6. The second-order valence-corrected chi connectivity index (χ2v) is 16.3. The van der Waals surface area contributed by atoms with Gasteiger partial charge in [-0.05, 0) is 110 Å². The molecule has 0 radical (unpaired) electrons. The Bertz CT molecular complexity index is 2630. The van der Waals surface area contributed by atoms with Crippen molar-refractivity contribution in [2.24, 2.45) is 0 Å². The van der Waals surface area contributed by atoms with E-state index in [4.69, 9.17) is 41.2 Å². The summed E-state index contributed by atoms with van der Waals surface area (Å²) >= 11 is 5.50. The zero-order valence-corrected chi connectivity index (χ0v) is 38.1. The SMILES string of the molecule is CC1(C)C(=O)N(c2ccc(C#N)c(C(F)(F)F)c2)C(=S)N1c1ccc(C(=O)NCCOCCOCCNCC(O)COc2ccc(OCc3ccc(F)cc3)c(OCc3ccc(F)cc3)c2)c(F)c1. The molecule has 1 saturated heterocycles. The van der Waals surface area contributed by atoms with Gasteiger partial charge in [-0.25, -0.2) is 13.2 Å². The van der Waals surface area contributed by atoms with Gasteiger partial charge in [0.1, 0.15) is 54.7 Å². The number of alkyl halides is 3. The van der Waals surface area contributed by atoms with E-state index in [-0.39, 0.29) is 86.4 Å². The summed E-state index contributed by atoms with van der Waals surface area (Å²) in [6.45, 7) is 4.64. The van der Waals surface area contributed by atoms with Gasteiger partial charge < -0.3 is 44.3 Å². The molecule has 5 aromatic rings. The molecular formula is C49H47F6N5O8S. The van der Waals surface area contributed by atoms with Crippen molar-refractivity contribution in [2.75, 3.05) is 62.5 Å². The zero-order chi connectivity index (χ0) is 49.7. The number of amides is 2. The standard InChI is InChI=1S/C49H47F6N5O8S/c1-48(2)46(63)59(36-12-7-33(26-56)41(23-36)49(53,54)55)47(69)60(48)37-13-15-40(42(52)24-37)45(62)58-18-20-65-22-21-64-19-17-57-27-38(61)30-66-39-14-16-43(67-28-31-3-8-34(50)9-4-31)44(25-39)68-29-32-5-10-35(51)11-6-32/h3-16,23-25,38,57,61H,17-22,27-30H2,1-2H3,(H,58,62). The normalized spacial score (nSPS) is 13.9. The Labute approximate surface area is 399 Å². The summed E-state index contributed by atoms with van der Waals surface area (Å²) < 4.78 is 112. The predicted octanol–water partition coefficient (Wildman–Crippen LogP) is 7.86. The highest BCUT2D eigenvalue weighted by atomic mass is 32.1. The number of anilines is 2. The first kappa shape index (κ1) is 51.6. The van der Waals surface area contributed by atoms with Gasteiger partial charge in [-0.15, -0.1) is 0 Å². The second kappa shape index (κ2) is 23.5. The van der Waals surface area contributed by atoms with Crippen molar-refractivity contribution < 1.29 is 64.7 Å². The minimum Gasteiger partial charge on any atom is -0.491 e. The number of carbonyl (C=O) groups is 2. The Morgan fingerprint density at radius 1 is 0.783 bits per heavy atom. The highest BCUT2D eigenvalue weighted by Gasteiger charge is 2.51. The summed E-state index contributed by atoms with van der Waals surface area (Å²) in [5.74, 6) is -1.94. The molecule has 6 rings (SSSR count). The van der Waals surface area contributed by atoms with Crippen LogP contribution in [0.15, 0.2) is 103 Å². The molecule has 1 aliphatic heterocycles. The lowest BCUT2D eigenvalue weighted by atomic mass is 10.0. The average molecular weight is 980 g/mol. The van der Waals surface area contributed by atoms with Crippen LogP contribution in [-0.4, -0.2) is 86.3 Å². The van der Waals surface area contributed by atoms with E-state index in [1.807, 2.05) is 0 Å². The zero-order valence-electron chi connectivity index (χ0n) is 37.3. The van der Waals surface area contributed by atoms with Crippen LogP contribution in [0.5, 0.6) is 17.2 Å². The van der Waals surface area contributed by atoms with E-state index in [0.717, 1.165) is 28.2 Å². The lowest BCUT2D eigenvalue weighted by molar-refractivity contribution is -0.137. The molecule has 69 heavy (non-hydrogen) atoms. The van der Waals surface area contributed by atoms with Gasteiger partial charge in [0.25, 0.3) is 11.8 Å². The maximum absolute atomic E-state index is 15.4. The first-order valence-corrected chi connectivity index (χ1v) is 21.8. The highest BCUT2D eigenvalue weighted by molar-refractivity contribution is 7.81. The number of rotatable bonds is 23. The van der Waals surface area contributed by atoms with E-state index in [2.05, 4.69) is 10.6 Å². The van der Waals surface area contributed by atoms with Gasteiger partial charge in [0.05, 0.1) is 54.9 Å². The summed E-state index contributed by atoms with van der Waals surface area (Å²) in [7, 11) is 0. The van der Waals surface area contributed by atoms with Crippen LogP contribution < -0.4 is 34.6 Å². The van der Waals surface area contributed by atoms with E-state index >= 15 is 4.39 Å². The van der Waals surface area contributed by atoms with Crippen molar-refractivity contribution in [3.8, 4) is 23.3 Å². The number of ether oxygens (including phenoxy) is 5. The van der Waals surface area contributed by atoms with Crippen LogP contribution in [0.1, 0.15) is 46.5 Å². The molecule has 0 saturated carbocycles. The molecule has 20 heteroatoms. The molecule has 1 fully saturated rings. The molecule has 1 atom stereocenters. The Morgan fingerprint density at radius 2 is 1.39 bits per heavy atom. The monoisotopic (exact) mass is 979 g/mol. The van der Waals surface area contributed by atoms with Crippen molar-refractivity contribution in [1.82, 2.24) is 10.6 Å². The molecule has 0 bridgehead atoms. The molecule has 13 nitrogen and oxygen atoms in total. The van der Waals surface area contributed by atoms with Crippen molar-refractivity contribution in [1.29, 1.82) is 5.26 Å². The van der Waals surface area contributed by atoms with Crippen LogP contribution in [0.3, 0.4) is 0 Å². The van der Waals surface area contributed by atoms with Gasteiger partial charge in [0.2, 0.25) is 0 Å². The number of nitrogens with zero attached hydrogens (tertiary/aromatic N) is 3. The Morgan fingerprint density at radius 3 is 2.00 bits per heavy atom. The Balaban J connectivity index is 0.867. The number of aliphatic hydroxyl groups excluding tert-OH is 1. The topological polar surface area (TPSA) is 155 Å². The summed E-state index contributed by atoms with van der Waals surface area (Å²) in [5.41, 5.74) is -2.31. The van der Waals surface area contributed by atoms with Gasteiger partial charge in [-0.3, -0.25) is 14.5 Å². The van der Waals surface area contributed by atoms with E-state index in [1.54, 1.807) is 42.5 Å². The van der Waals surface area contributed by atoms with E-state index < -0.39 is 46.6 Å². The second-order valence-electron chi connectivity index (χ2n) is 15.9. The van der Waals surface area contributed by atoms with Crippen LogP contribution in [0.2, 0.25) is 0 Å². The van der Waals surface area contributed by atoms with Crippen LogP contribution >= 0.6 is 12.2 Å². The molecule has 0 aliphatic carbocycles. The van der Waals surface area contributed by atoms with Crippen LogP contribution in [0.4, 0.5) is 37.7 Å². The van der Waals surface area contributed by atoms with E-state index in [9.17, 15) is 36.6 Å². The third kappa shape index (κ3) is 13.7. The minimum atomic E-state index is -4.88. The molecule has 0 aromatic heterocycles. The van der Waals surface area contributed by atoms with Crippen LogP contribution in [-0.2, 0) is 33.7 Å². The fraction of sp³-hybridized carbons (Fsp3) is 0.306. The average Bonchev–Trinajstić information content (AvgIpc) is 3.50. The number of benzene rings is 5. The number of nitrogens with one attached hydrogen (secondary N) is 2. The minimum absolute atomic E-state index is 0.0402. The lowest BCUT2D eigenvalue weighted by Crippen LogP contribution is -2.44. The van der Waals surface area contributed by atoms with Crippen LogP contribution in [0, 0.1) is 28.8 Å². The van der Waals surface area contributed by atoms with Gasteiger partial charge in [-0.2, -0.15) is 18.4 Å². The summed E-state index contributed by atoms with van der Waals surface area (Å²) in [6, 6.07) is 24.5. The number of hydrogen-bond donors (Lipinski definition) is 3. The number of carbonyl (C=O) groups excluding carboxylic acids is 2. The van der Waals surface area contributed by atoms with Crippen molar-refractivity contribution in [3.05, 3.63) is 148 Å². The van der Waals surface area contributed by atoms with Crippen LogP contribution in [0.25, 0.3) is 0 Å². The first-order valence-electron chi connectivity index (χ1n) is 21.4. The number of halogens is 6. The maximum Gasteiger partial charge on any atom is 0.417 e. The quantitative estimate of drug-likeness (QED) is 0.0332. The fourth-order valence-electron chi connectivity index (χ4n) is 6.90. The van der Waals surface area contributed by atoms with Gasteiger partial charge in [0, 0.05) is 31.4 Å². The molecule has 0 spiro atoms. The van der Waals surface area contributed by atoms with E-state index in [1.165, 1.54) is 67.3 Å². The molecule has 1 aliphatic rings. The number of nitriles is 1. The summed E-state index contributed by atoms with van der Waals surface area (Å²) in [6.07, 6.45) is -5.75. The Hall–Kier alpha value is -6.76. The summed E-state index contributed by atoms with van der Waals surface area (Å²) in [5, 5.41) is 25.1.